The number of carbonyl (C=O) groups excluding carboxylic acids is 2. The smallest absolute Gasteiger partial charge is 0.414 e. The molecule has 2 amide bonds. The molecule has 1 atom stereocenters. The summed E-state index contributed by atoms with van der Waals surface area (Å²) in [5, 5.41) is 3.05. The van der Waals surface area contributed by atoms with Crippen LogP contribution >= 0.6 is 0 Å². The number of hydrogen-bond acceptors (Lipinski definition) is 6. The average Bonchev–Trinajstić information content (AvgIpc) is 3.39. The molecule has 1 unspecified atom stereocenters. The van der Waals surface area contributed by atoms with Crippen LogP contribution < -0.4 is 5.32 Å². The summed E-state index contributed by atoms with van der Waals surface area (Å²) in [6, 6.07) is 17.4. The summed E-state index contributed by atoms with van der Waals surface area (Å²) >= 11 is 0. The molecule has 2 aromatic heterocycles. The second-order valence-corrected chi connectivity index (χ2v) is 7.24. The second kappa shape index (κ2) is 7.18. The maximum atomic E-state index is 11.7. The number of carbonyl (C=O) groups is 2. The van der Waals surface area contributed by atoms with Gasteiger partial charge in [-0.3, -0.25) is 10.1 Å². The van der Waals surface area contributed by atoms with E-state index in [-0.39, 0.29) is 0 Å². The van der Waals surface area contributed by atoms with Crippen molar-refractivity contribution in [1.29, 1.82) is 0 Å². The molecule has 3 heterocycles. The van der Waals surface area contributed by atoms with E-state index >= 15 is 0 Å². The van der Waals surface area contributed by atoms with Gasteiger partial charge in [0.25, 0.3) is 5.91 Å². The summed E-state index contributed by atoms with van der Waals surface area (Å²) in [7, 11) is 0. The maximum absolute atomic E-state index is 11.7. The fourth-order valence-electron chi connectivity index (χ4n) is 3.56. The van der Waals surface area contributed by atoms with Crippen LogP contribution in [0.4, 0.5) is 4.79 Å². The van der Waals surface area contributed by atoms with Crippen LogP contribution in [0.5, 0.6) is 0 Å². The number of ether oxygens (including phenoxy) is 1. The number of fused-ring (bicyclic) bond motifs is 1. The van der Waals surface area contributed by atoms with Gasteiger partial charge in [0.1, 0.15) is 17.1 Å². The fraction of sp³-hybridized carbons (Fsp3) is 0.174. The lowest BCUT2D eigenvalue weighted by atomic mass is 10.1. The lowest BCUT2D eigenvalue weighted by molar-refractivity contribution is -0.123. The van der Waals surface area contributed by atoms with E-state index in [9.17, 15) is 9.59 Å². The number of aryl methyl sites for hydroxylation is 1. The largest absolute Gasteiger partial charge is 0.461 e. The van der Waals surface area contributed by atoms with Crippen molar-refractivity contribution in [1.82, 2.24) is 10.3 Å². The number of furan rings is 1. The quantitative estimate of drug-likeness (QED) is 0.539. The molecule has 0 saturated carbocycles. The van der Waals surface area contributed by atoms with Gasteiger partial charge in [0.15, 0.2) is 6.10 Å². The Morgan fingerprint density at radius 3 is 2.63 bits per heavy atom. The maximum Gasteiger partial charge on any atom is 0.414 e. The van der Waals surface area contributed by atoms with Gasteiger partial charge >= 0.3 is 6.09 Å². The van der Waals surface area contributed by atoms with E-state index in [1.807, 2.05) is 61.5 Å². The summed E-state index contributed by atoms with van der Waals surface area (Å²) in [5.41, 5.74) is 3.38. The number of aromatic nitrogens is 1. The molecule has 7 heteroatoms. The first kappa shape index (κ1) is 18.2. The monoisotopic (exact) mass is 402 g/mol. The molecule has 150 valence electrons. The minimum atomic E-state index is -0.796. The number of alkyl carbamates (subject to hydrolysis) is 1. The Balaban J connectivity index is 1.36. The molecule has 7 nitrogen and oxygen atoms in total. The summed E-state index contributed by atoms with van der Waals surface area (Å²) in [6.07, 6.45) is -0.670. The first-order valence-electron chi connectivity index (χ1n) is 9.60. The second-order valence-electron chi connectivity index (χ2n) is 7.24. The molecule has 0 spiro atoms. The zero-order valence-electron chi connectivity index (χ0n) is 16.2. The molecule has 1 aliphatic heterocycles. The Labute approximate surface area is 171 Å². The van der Waals surface area contributed by atoms with Crippen molar-refractivity contribution in [2.75, 3.05) is 0 Å². The minimum Gasteiger partial charge on any atom is -0.461 e. The number of hydrogen-bond donors (Lipinski definition) is 1. The van der Waals surface area contributed by atoms with Crippen LogP contribution in [-0.4, -0.2) is 23.1 Å². The van der Waals surface area contributed by atoms with Crippen molar-refractivity contribution >= 4 is 23.0 Å². The SMILES string of the molecule is Cc1oc(-c2ccccc2)nc1Cc1cc2cc(CC3OC(=O)NC3=O)ccc2o1. The van der Waals surface area contributed by atoms with Crippen LogP contribution in [0, 0.1) is 6.92 Å². The highest BCUT2D eigenvalue weighted by Crippen LogP contribution is 2.27. The van der Waals surface area contributed by atoms with Crippen LogP contribution in [0.15, 0.2) is 63.4 Å². The molecule has 0 bridgehead atoms. The molecule has 1 saturated heterocycles. The highest BCUT2D eigenvalue weighted by atomic mass is 16.6. The third kappa shape index (κ3) is 3.45. The Hall–Kier alpha value is -3.87. The van der Waals surface area contributed by atoms with Crippen molar-refractivity contribution in [3.63, 3.8) is 0 Å². The van der Waals surface area contributed by atoms with Crippen molar-refractivity contribution in [2.24, 2.45) is 0 Å². The van der Waals surface area contributed by atoms with Gasteiger partial charge in [0, 0.05) is 17.4 Å². The molecule has 5 rings (SSSR count). The normalized spacial score (nSPS) is 16.1. The number of amides is 2. The van der Waals surface area contributed by atoms with Gasteiger partial charge in [-0.15, -0.1) is 0 Å². The minimum absolute atomic E-state index is 0.316. The van der Waals surface area contributed by atoms with Crippen LogP contribution in [0.25, 0.3) is 22.4 Å². The highest BCUT2D eigenvalue weighted by molar-refractivity contribution is 6.00. The lowest BCUT2D eigenvalue weighted by Crippen LogP contribution is -2.25. The van der Waals surface area contributed by atoms with Gasteiger partial charge < -0.3 is 13.6 Å². The third-order valence-corrected chi connectivity index (χ3v) is 5.07. The number of nitrogens with zero attached hydrogens (tertiary/aromatic N) is 1. The van der Waals surface area contributed by atoms with Crippen molar-refractivity contribution in [3.05, 3.63) is 77.4 Å². The molecule has 1 aliphatic rings. The van der Waals surface area contributed by atoms with E-state index in [1.54, 1.807) is 0 Å². The van der Waals surface area contributed by atoms with Gasteiger partial charge in [-0.1, -0.05) is 24.3 Å². The van der Waals surface area contributed by atoms with Crippen LogP contribution in [0.3, 0.4) is 0 Å². The van der Waals surface area contributed by atoms with Gasteiger partial charge in [0.05, 0.1) is 12.1 Å². The average molecular weight is 402 g/mol. The molecule has 0 aliphatic carbocycles. The number of imide groups is 1. The molecule has 0 radical (unpaired) electrons. The highest BCUT2D eigenvalue weighted by Gasteiger charge is 2.32. The van der Waals surface area contributed by atoms with Crippen LogP contribution in [0.2, 0.25) is 0 Å². The van der Waals surface area contributed by atoms with Crippen LogP contribution in [0.1, 0.15) is 22.8 Å². The summed E-state index contributed by atoms with van der Waals surface area (Å²) in [6.45, 7) is 1.89. The van der Waals surface area contributed by atoms with Gasteiger partial charge in [-0.05, 0) is 42.8 Å². The first-order valence-corrected chi connectivity index (χ1v) is 9.60. The molecular formula is C23H18N2O5. The van der Waals surface area contributed by atoms with E-state index in [4.69, 9.17) is 13.6 Å². The number of benzene rings is 2. The van der Waals surface area contributed by atoms with Gasteiger partial charge in [-0.2, -0.15) is 0 Å². The summed E-state index contributed by atoms with van der Waals surface area (Å²) < 4.78 is 16.8. The Kier molecular flexibility index (Phi) is 4.35. The lowest BCUT2D eigenvalue weighted by Gasteiger charge is -2.05. The van der Waals surface area contributed by atoms with E-state index in [2.05, 4.69) is 10.3 Å². The van der Waals surface area contributed by atoms with Crippen molar-refractivity contribution < 1.29 is 23.2 Å². The van der Waals surface area contributed by atoms with Crippen LogP contribution in [-0.2, 0) is 22.4 Å². The number of cyclic esters (lactones) is 1. The number of nitrogens with one attached hydrogen (secondary N) is 1. The van der Waals surface area contributed by atoms with Crippen molar-refractivity contribution in [3.8, 4) is 11.5 Å². The summed E-state index contributed by atoms with van der Waals surface area (Å²) in [4.78, 5) is 27.5. The van der Waals surface area contributed by atoms with Crippen molar-refractivity contribution in [2.45, 2.75) is 25.9 Å². The standard InChI is InChI=1S/C23H18N2O5/c1-13-18(24-22(28-13)15-5-3-2-4-6-15)12-17-11-16-9-14(7-8-19(16)29-17)10-20-21(26)25-23(27)30-20/h2-9,11,20H,10,12H2,1H3,(H,25,26,27). The molecule has 2 aromatic carbocycles. The predicted octanol–water partition coefficient (Wildman–Crippen LogP) is 4.16. The third-order valence-electron chi connectivity index (χ3n) is 5.07. The first-order chi connectivity index (χ1) is 14.5. The molecule has 1 N–H and O–H groups in total. The predicted molar refractivity (Wildman–Crippen MR) is 108 cm³/mol. The Morgan fingerprint density at radius 2 is 1.87 bits per heavy atom. The van der Waals surface area contributed by atoms with E-state index in [0.29, 0.717) is 18.7 Å². The molecular weight excluding hydrogens is 384 g/mol. The fourth-order valence-corrected chi connectivity index (χ4v) is 3.56. The van der Waals surface area contributed by atoms with E-state index in [0.717, 1.165) is 39.3 Å². The Morgan fingerprint density at radius 1 is 1.03 bits per heavy atom. The van der Waals surface area contributed by atoms with Gasteiger partial charge in [0.2, 0.25) is 5.89 Å². The van der Waals surface area contributed by atoms with Gasteiger partial charge in [-0.25, -0.2) is 9.78 Å². The zero-order chi connectivity index (χ0) is 20.7. The summed E-state index contributed by atoms with van der Waals surface area (Å²) in [5.74, 6) is 1.70. The van der Waals surface area contributed by atoms with E-state index < -0.39 is 18.1 Å². The van der Waals surface area contributed by atoms with E-state index in [1.165, 1.54) is 0 Å². The number of rotatable bonds is 5. The zero-order valence-corrected chi connectivity index (χ0v) is 16.2. The Bertz CT molecular complexity index is 1260. The topological polar surface area (TPSA) is 94.6 Å². The molecule has 30 heavy (non-hydrogen) atoms. The molecule has 1 fully saturated rings. The number of oxazole rings is 1. The molecule has 4 aromatic rings.